The molecule has 0 saturated carbocycles. The molecule has 0 atom stereocenters. The summed E-state index contributed by atoms with van der Waals surface area (Å²) in [5.41, 5.74) is 5.18. The molecule has 5 aromatic rings. The van der Waals surface area contributed by atoms with Crippen molar-refractivity contribution in [3.05, 3.63) is 101 Å². The minimum absolute atomic E-state index is 0.332. The standard InChI is InChI=1S/C24H16ClFN4S/c25-20-7-4-8-21(26)19(20)15-31-24-28-27-23-14-13-22(29-30(23)24)18-11-9-17(10-12-18)16-5-2-1-3-6-16/h1-14H,15H2. The summed E-state index contributed by atoms with van der Waals surface area (Å²) < 4.78 is 15.8. The average molecular weight is 447 g/mol. The lowest BCUT2D eigenvalue weighted by molar-refractivity contribution is 0.617. The van der Waals surface area contributed by atoms with Gasteiger partial charge in [0, 0.05) is 21.9 Å². The van der Waals surface area contributed by atoms with E-state index in [-0.39, 0.29) is 5.82 Å². The molecule has 0 spiro atoms. The first-order valence-corrected chi connectivity index (χ1v) is 11.0. The van der Waals surface area contributed by atoms with E-state index >= 15 is 0 Å². The number of halogens is 2. The van der Waals surface area contributed by atoms with Crippen molar-refractivity contribution in [2.24, 2.45) is 0 Å². The van der Waals surface area contributed by atoms with E-state index in [2.05, 4.69) is 34.5 Å². The molecule has 0 fully saturated rings. The van der Waals surface area contributed by atoms with E-state index in [4.69, 9.17) is 16.7 Å². The Kier molecular flexibility index (Phi) is 5.40. The van der Waals surface area contributed by atoms with Gasteiger partial charge in [-0.25, -0.2) is 4.39 Å². The number of fused-ring (bicyclic) bond motifs is 1. The summed E-state index contributed by atoms with van der Waals surface area (Å²) in [5.74, 6) is 0.00485. The van der Waals surface area contributed by atoms with E-state index in [1.165, 1.54) is 23.4 Å². The van der Waals surface area contributed by atoms with Crippen LogP contribution in [0.4, 0.5) is 4.39 Å². The Morgan fingerprint density at radius 3 is 2.29 bits per heavy atom. The monoisotopic (exact) mass is 446 g/mol. The largest absolute Gasteiger partial charge is 0.212 e. The van der Waals surface area contributed by atoms with Gasteiger partial charge in [-0.05, 0) is 35.4 Å². The van der Waals surface area contributed by atoms with E-state index in [1.807, 2.05) is 42.5 Å². The van der Waals surface area contributed by atoms with Crippen molar-refractivity contribution in [2.45, 2.75) is 10.9 Å². The quantitative estimate of drug-likeness (QED) is 0.287. The SMILES string of the molecule is Fc1cccc(Cl)c1CSc1nnc2ccc(-c3ccc(-c4ccccc4)cc3)nn12. The van der Waals surface area contributed by atoms with Gasteiger partial charge in [-0.2, -0.15) is 9.61 Å². The van der Waals surface area contributed by atoms with E-state index < -0.39 is 0 Å². The predicted octanol–water partition coefficient (Wildman–Crippen LogP) is 6.54. The molecule has 31 heavy (non-hydrogen) atoms. The van der Waals surface area contributed by atoms with Crippen molar-refractivity contribution in [2.75, 3.05) is 0 Å². The highest BCUT2D eigenvalue weighted by atomic mass is 35.5. The second-order valence-corrected chi connectivity index (χ2v) is 8.25. The molecule has 152 valence electrons. The van der Waals surface area contributed by atoms with Gasteiger partial charge in [0.05, 0.1) is 5.69 Å². The maximum Gasteiger partial charge on any atom is 0.212 e. The zero-order valence-corrected chi connectivity index (χ0v) is 17.8. The zero-order valence-electron chi connectivity index (χ0n) is 16.2. The molecule has 0 bridgehead atoms. The molecule has 0 unspecified atom stereocenters. The highest BCUT2D eigenvalue weighted by Gasteiger charge is 2.13. The van der Waals surface area contributed by atoms with Gasteiger partial charge in [0.15, 0.2) is 5.65 Å². The minimum Gasteiger partial charge on any atom is -0.207 e. The molecule has 0 aliphatic heterocycles. The molecule has 0 radical (unpaired) electrons. The Morgan fingerprint density at radius 1 is 0.774 bits per heavy atom. The molecule has 2 aromatic heterocycles. The lowest BCUT2D eigenvalue weighted by Crippen LogP contribution is -1.97. The molecular weight excluding hydrogens is 431 g/mol. The summed E-state index contributed by atoms with van der Waals surface area (Å²) in [6, 6.07) is 27.0. The van der Waals surface area contributed by atoms with Gasteiger partial charge in [-0.3, -0.25) is 0 Å². The predicted molar refractivity (Wildman–Crippen MR) is 123 cm³/mol. The third-order valence-electron chi connectivity index (χ3n) is 4.93. The number of thioether (sulfide) groups is 1. The van der Waals surface area contributed by atoms with E-state index in [1.54, 1.807) is 16.6 Å². The first-order chi connectivity index (χ1) is 15.2. The summed E-state index contributed by atoms with van der Waals surface area (Å²) >= 11 is 7.48. The molecule has 7 heteroatoms. The number of aromatic nitrogens is 4. The van der Waals surface area contributed by atoms with Gasteiger partial charge >= 0.3 is 0 Å². The normalized spacial score (nSPS) is 11.2. The molecule has 3 aromatic carbocycles. The van der Waals surface area contributed by atoms with Crippen molar-refractivity contribution in [1.82, 2.24) is 19.8 Å². The van der Waals surface area contributed by atoms with Crippen LogP contribution < -0.4 is 0 Å². The number of nitrogens with zero attached hydrogens (tertiary/aromatic N) is 4. The van der Waals surface area contributed by atoms with E-state index in [0.717, 1.165) is 16.8 Å². The second kappa shape index (κ2) is 8.49. The summed E-state index contributed by atoms with van der Waals surface area (Å²) in [4.78, 5) is 0. The maximum absolute atomic E-state index is 14.1. The fourth-order valence-corrected chi connectivity index (χ4v) is 4.52. The zero-order chi connectivity index (χ0) is 21.2. The summed E-state index contributed by atoms with van der Waals surface area (Å²) in [5, 5.41) is 14.1. The second-order valence-electron chi connectivity index (χ2n) is 6.90. The van der Waals surface area contributed by atoms with E-state index in [0.29, 0.717) is 27.1 Å². The van der Waals surface area contributed by atoms with Crippen LogP contribution in [0.5, 0.6) is 0 Å². The van der Waals surface area contributed by atoms with Crippen LogP contribution in [0.1, 0.15) is 5.56 Å². The van der Waals surface area contributed by atoms with Crippen LogP contribution in [0.3, 0.4) is 0 Å². The summed E-state index contributed by atoms with van der Waals surface area (Å²) in [7, 11) is 0. The van der Waals surface area contributed by atoms with Crippen LogP contribution in [0, 0.1) is 5.82 Å². The summed E-state index contributed by atoms with van der Waals surface area (Å²) in [6.07, 6.45) is 0. The number of benzene rings is 3. The Morgan fingerprint density at radius 2 is 1.52 bits per heavy atom. The maximum atomic E-state index is 14.1. The average Bonchev–Trinajstić information content (AvgIpc) is 3.22. The van der Waals surface area contributed by atoms with Gasteiger partial charge < -0.3 is 0 Å². The molecular formula is C24H16ClFN4S. The van der Waals surface area contributed by atoms with Crippen LogP contribution in [0.2, 0.25) is 5.02 Å². The smallest absolute Gasteiger partial charge is 0.207 e. The number of hydrogen-bond acceptors (Lipinski definition) is 4. The number of rotatable bonds is 5. The Labute approximate surface area is 187 Å². The lowest BCUT2D eigenvalue weighted by atomic mass is 10.0. The Hall–Kier alpha value is -3.22. The fraction of sp³-hybridized carbons (Fsp3) is 0.0417. The lowest BCUT2D eigenvalue weighted by Gasteiger charge is -2.06. The molecule has 0 aliphatic rings. The van der Waals surface area contributed by atoms with Crippen molar-refractivity contribution in [3.8, 4) is 22.4 Å². The topological polar surface area (TPSA) is 43.1 Å². The highest BCUT2D eigenvalue weighted by Crippen LogP contribution is 2.29. The first kappa shape index (κ1) is 19.7. The molecule has 0 N–H and O–H groups in total. The van der Waals surface area contributed by atoms with Crippen molar-refractivity contribution in [3.63, 3.8) is 0 Å². The van der Waals surface area contributed by atoms with Crippen LogP contribution in [-0.4, -0.2) is 19.8 Å². The van der Waals surface area contributed by atoms with Crippen LogP contribution in [0.15, 0.2) is 90.1 Å². The van der Waals surface area contributed by atoms with Crippen LogP contribution in [-0.2, 0) is 5.75 Å². The molecule has 0 aliphatic carbocycles. The Bertz CT molecular complexity index is 1330. The third kappa shape index (κ3) is 4.04. The van der Waals surface area contributed by atoms with Gasteiger partial charge in [0.2, 0.25) is 5.16 Å². The first-order valence-electron chi connectivity index (χ1n) is 9.63. The van der Waals surface area contributed by atoms with Crippen molar-refractivity contribution >= 4 is 29.0 Å². The van der Waals surface area contributed by atoms with Gasteiger partial charge in [0.1, 0.15) is 5.82 Å². The molecule has 2 heterocycles. The van der Waals surface area contributed by atoms with Gasteiger partial charge in [0.25, 0.3) is 0 Å². The minimum atomic E-state index is -0.332. The number of hydrogen-bond donors (Lipinski definition) is 0. The molecule has 4 nitrogen and oxygen atoms in total. The Balaban J connectivity index is 1.42. The van der Waals surface area contributed by atoms with Crippen molar-refractivity contribution in [1.29, 1.82) is 0 Å². The molecule has 5 rings (SSSR count). The van der Waals surface area contributed by atoms with E-state index in [9.17, 15) is 4.39 Å². The van der Waals surface area contributed by atoms with Gasteiger partial charge in [-0.1, -0.05) is 84.0 Å². The molecule has 0 amide bonds. The van der Waals surface area contributed by atoms with Crippen LogP contribution >= 0.6 is 23.4 Å². The highest BCUT2D eigenvalue weighted by molar-refractivity contribution is 7.98. The summed E-state index contributed by atoms with van der Waals surface area (Å²) in [6.45, 7) is 0. The molecule has 0 saturated heterocycles. The van der Waals surface area contributed by atoms with Crippen LogP contribution in [0.25, 0.3) is 28.0 Å². The third-order valence-corrected chi connectivity index (χ3v) is 6.23. The van der Waals surface area contributed by atoms with Gasteiger partial charge in [-0.15, -0.1) is 10.2 Å². The van der Waals surface area contributed by atoms with Crippen molar-refractivity contribution < 1.29 is 4.39 Å². The fourth-order valence-electron chi connectivity index (χ4n) is 3.28.